The molecule has 3 nitrogen and oxygen atoms in total. The van der Waals surface area contributed by atoms with Crippen molar-refractivity contribution in [1.82, 2.24) is 4.98 Å². The Balaban J connectivity index is 2.08. The van der Waals surface area contributed by atoms with Gasteiger partial charge in [-0.1, -0.05) is 20.8 Å². The highest BCUT2D eigenvalue weighted by molar-refractivity contribution is 7.09. The van der Waals surface area contributed by atoms with E-state index in [4.69, 9.17) is 4.74 Å². The molecule has 1 aliphatic heterocycles. The Labute approximate surface area is 107 Å². The van der Waals surface area contributed by atoms with E-state index in [9.17, 15) is 5.11 Å². The zero-order valence-corrected chi connectivity index (χ0v) is 11.6. The molecule has 1 aromatic rings. The summed E-state index contributed by atoms with van der Waals surface area (Å²) >= 11 is 1.65. The fourth-order valence-electron chi connectivity index (χ4n) is 2.04. The fraction of sp³-hybridized carbons (Fsp3) is 0.769. The van der Waals surface area contributed by atoms with Crippen LogP contribution in [-0.4, -0.2) is 23.3 Å². The van der Waals surface area contributed by atoms with Crippen LogP contribution in [0, 0.1) is 5.92 Å². The van der Waals surface area contributed by atoms with Crippen LogP contribution in [-0.2, 0) is 10.2 Å². The van der Waals surface area contributed by atoms with Crippen molar-refractivity contribution in [1.29, 1.82) is 0 Å². The standard InChI is InChI=1S/C13H21NO2S/c1-13(2,3)12-14-10(8-17-12)11(15)9-4-6-16-7-5-9/h8-9,11,15H,4-7H2,1-3H3. The summed E-state index contributed by atoms with van der Waals surface area (Å²) in [6.07, 6.45) is 1.44. The molecule has 0 aromatic carbocycles. The molecule has 0 bridgehead atoms. The molecule has 1 atom stereocenters. The molecule has 96 valence electrons. The first-order valence-corrected chi connectivity index (χ1v) is 7.08. The normalized spacial score (nSPS) is 20.5. The number of hydrogen-bond acceptors (Lipinski definition) is 4. The van der Waals surface area contributed by atoms with Crippen LogP contribution in [0.15, 0.2) is 5.38 Å². The van der Waals surface area contributed by atoms with Crippen molar-refractivity contribution in [2.45, 2.75) is 45.1 Å². The number of aliphatic hydroxyl groups excluding tert-OH is 1. The first kappa shape index (κ1) is 13.0. The van der Waals surface area contributed by atoms with Crippen LogP contribution in [0.2, 0.25) is 0 Å². The zero-order chi connectivity index (χ0) is 12.5. The van der Waals surface area contributed by atoms with Gasteiger partial charge >= 0.3 is 0 Å². The third kappa shape index (κ3) is 3.06. The average Bonchev–Trinajstić information content (AvgIpc) is 2.78. The number of rotatable bonds is 2. The molecule has 1 N–H and O–H groups in total. The molecule has 0 amide bonds. The van der Waals surface area contributed by atoms with Crippen molar-refractivity contribution >= 4 is 11.3 Å². The zero-order valence-electron chi connectivity index (χ0n) is 10.8. The first-order chi connectivity index (χ1) is 7.98. The molecule has 17 heavy (non-hydrogen) atoms. The quantitative estimate of drug-likeness (QED) is 0.883. The van der Waals surface area contributed by atoms with Crippen LogP contribution in [0.5, 0.6) is 0 Å². The van der Waals surface area contributed by atoms with E-state index in [0.717, 1.165) is 36.8 Å². The Hall–Kier alpha value is -0.450. The smallest absolute Gasteiger partial charge is 0.0998 e. The van der Waals surface area contributed by atoms with Gasteiger partial charge in [-0.3, -0.25) is 0 Å². The molecule has 1 saturated heterocycles. The van der Waals surface area contributed by atoms with Gasteiger partial charge in [-0.05, 0) is 18.8 Å². The van der Waals surface area contributed by atoms with Crippen molar-refractivity contribution in [3.8, 4) is 0 Å². The van der Waals surface area contributed by atoms with Gasteiger partial charge < -0.3 is 9.84 Å². The summed E-state index contributed by atoms with van der Waals surface area (Å²) in [6.45, 7) is 7.97. The van der Waals surface area contributed by atoms with Gasteiger partial charge in [-0.25, -0.2) is 4.98 Å². The third-order valence-corrected chi connectivity index (χ3v) is 4.47. The molecule has 2 heterocycles. The lowest BCUT2D eigenvalue weighted by molar-refractivity contribution is 0.00572. The summed E-state index contributed by atoms with van der Waals surface area (Å²) in [5, 5.41) is 13.4. The maximum Gasteiger partial charge on any atom is 0.0998 e. The number of thiazole rings is 1. The first-order valence-electron chi connectivity index (χ1n) is 6.20. The average molecular weight is 255 g/mol. The van der Waals surface area contributed by atoms with Crippen molar-refractivity contribution in [3.05, 3.63) is 16.1 Å². The van der Waals surface area contributed by atoms with E-state index in [2.05, 4.69) is 25.8 Å². The third-order valence-electron chi connectivity index (χ3n) is 3.18. The molecule has 1 aliphatic rings. The van der Waals surface area contributed by atoms with E-state index in [1.165, 1.54) is 0 Å². The maximum atomic E-state index is 10.3. The number of hydrogen-bond donors (Lipinski definition) is 1. The molecule has 1 unspecified atom stereocenters. The maximum absolute atomic E-state index is 10.3. The number of aliphatic hydroxyl groups is 1. The number of ether oxygens (including phenoxy) is 1. The summed E-state index contributed by atoms with van der Waals surface area (Å²) in [5.41, 5.74) is 0.907. The predicted octanol–water partition coefficient (Wildman–Crippen LogP) is 2.90. The highest BCUT2D eigenvalue weighted by Crippen LogP contribution is 2.33. The SMILES string of the molecule is CC(C)(C)c1nc(C(O)C2CCOCC2)cs1. The summed E-state index contributed by atoms with van der Waals surface area (Å²) in [6, 6.07) is 0. The number of nitrogens with zero attached hydrogens (tertiary/aromatic N) is 1. The lowest BCUT2D eigenvalue weighted by atomic mass is 9.92. The molecule has 4 heteroatoms. The van der Waals surface area contributed by atoms with Crippen LogP contribution in [0.1, 0.15) is 50.4 Å². The summed E-state index contributed by atoms with van der Waals surface area (Å²) in [4.78, 5) is 4.58. The molecule has 1 fully saturated rings. The van der Waals surface area contributed by atoms with Crippen LogP contribution < -0.4 is 0 Å². The van der Waals surface area contributed by atoms with E-state index in [-0.39, 0.29) is 5.41 Å². The second kappa shape index (κ2) is 5.04. The molecular formula is C13H21NO2S. The van der Waals surface area contributed by atoms with Crippen molar-refractivity contribution < 1.29 is 9.84 Å². The second-order valence-electron chi connectivity index (χ2n) is 5.72. The van der Waals surface area contributed by atoms with Crippen LogP contribution >= 0.6 is 11.3 Å². The molecule has 0 spiro atoms. The van der Waals surface area contributed by atoms with Gasteiger partial charge in [0.1, 0.15) is 0 Å². The lowest BCUT2D eigenvalue weighted by Crippen LogP contribution is -2.22. The Morgan fingerprint density at radius 3 is 2.59 bits per heavy atom. The van der Waals surface area contributed by atoms with E-state index >= 15 is 0 Å². The molecule has 1 aromatic heterocycles. The molecule has 0 aliphatic carbocycles. The van der Waals surface area contributed by atoms with Gasteiger partial charge in [0.25, 0.3) is 0 Å². The minimum absolute atomic E-state index is 0.0678. The van der Waals surface area contributed by atoms with Gasteiger partial charge in [-0.15, -0.1) is 11.3 Å². The Morgan fingerprint density at radius 2 is 2.06 bits per heavy atom. The van der Waals surface area contributed by atoms with Crippen LogP contribution in [0.25, 0.3) is 0 Å². The van der Waals surface area contributed by atoms with Crippen LogP contribution in [0.3, 0.4) is 0 Å². The molecule has 0 radical (unpaired) electrons. The van der Waals surface area contributed by atoms with Crippen molar-refractivity contribution in [2.24, 2.45) is 5.92 Å². The summed E-state index contributed by atoms with van der Waals surface area (Å²) in [5.74, 6) is 0.304. The predicted molar refractivity (Wildman–Crippen MR) is 69.3 cm³/mol. The molecule has 2 rings (SSSR count). The van der Waals surface area contributed by atoms with E-state index < -0.39 is 6.10 Å². The van der Waals surface area contributed by atoms with Gasteiger partial charge in [0.05, 0.1) is 16.8 Å². The van der Waals surface area contributed by atoms with Gasteiger partial charge in [-0.2, -0.15) is 0 Å². The van der Waals surface area contributed by atoms with Crippen molar-refractivity contribution in [2.75, 3.05) is 13.2 Å². The van der Waals surface area contributed by atoms with Crippen LogP contribution in [0.4, 0.5) is 0 Å². The topological polar surface area (TPSA) is 42.4 Å². The van der Waals surface area contributed by atoms with Gasteiger partial charge in [0.2, 0.25) is 0 Å². The van der Waals surface area contributed by atoms with Crippen molar-refractivity contribution in [3.63, 3.8) is 0 Å². The fourth-order valence-corrected chi connectivity index (χ4v) is 2.98. The van der Waals surface area contributed by atoms with E-state index in [1.54, 1.807) is 11.3 Å². The minimum Gasteiger partial charge on any atom is -0.386 e. The Morgan fingerprint density at radius 1 is 1.41 bits per heavy atom. The Kier molecular flexibility index (Phi) is 3.85. The summed E-state index contributed by atoms with van der Waals surface area (Å²) in [7, 11) is 0. The summed E-state index contributed by atoms with van der Waals surface area (Å²) < 4.78 is 5.32. The minimum atomic E-state index is -0.425. The molecular weight excluding hydrogens is 234 g/mol. The van der Waals surface area contributed by atoms with Gasteiger partial charge in [0.15, 0.2) is 0 Å². The monoisotopic (exact) mass is 255 g/mol. The lowest BCUT2D eigenvalue weighted by Gasteiger charge is -2.25. The van der Waals surface area contributed by atoms with E-state index in [0.29, 0.717) is 5.92 Å². The van der Waals surface area contributed by atoms with E-state index in [1.807, 2.05) is 5.38 Å². The second-order valence-corrected chi connectivity index (χ2v) is 6.58. The highest BCUT2D eigenvalue weighted by Gasteiger charge is 2.27. The largest absolute Gasteiger partial charge is 0.386 e. The molecule has 0 saturated carbocycles. The highest BCUT2D eigenvalue weighted by atomic mass is 32.1. The Bertz CT molecular complexity index is 364. The number of aromatic nitrogens is 1. The van der Waals surface area contributed by atoms with Gasteiger partial charge in [0, 0.05) is 24.0 Å².